The Bertz CT molecular complexity index is 617. The average molecular weight is 258 g/mol. The van der Waals surface area contributed by atoms with Gasteiger partial charge in [0.1, 0.15) is 11.9 Å². The fourth-order valence-corrected chi connectivity index (χ4v) is 1.33. The SMILES string of the molecule is CN(C)c1nc(C#N)nc(Nc2ccc(F)cc2)n1. The van der Waals surface area contributed by atoms with Crippen molar-refractivity contribution in [3.8, 4) is 6.07 Å². The molecule has 0 spiro atoms. The molecule has 1 N–H and O–H groups in total. The lowest BCUT2D eigenvalue weighted by molar-refractivity contribution is 0.628. The first-order chi connectivity index (χ1) is 9.08. The minimum Gasteiger partial charge on any atom is -0.347 e. The zero-order valence-corrected chi connectivity index (χ0v) is 10.4. The number of nitrogens with one attached hydrogen (secondary N) is 1. The Balaban J connectivity index is 2.31. The number of hydrogen-bond donors (Lipinski definition) is 1. The molecule has 2 aromatic rings. The molecule has 0 fully saturated rings. The van der Waals surface area contributed by atoms with Crippen LogP contribution in [0.25, 0.3) is 0 Å². The number of rotatable bonds is 3. The number of aromatic nitrogens is 3. The maximum atomic E-state index is 12.8. The van der Waals surface area contributed by atoms with E-state index in [9.17, 15) is 4.39 Å². The van der Waals surface area contributed by atoms with Crippen molar-refractivity contribution in [3.63, 3.8) is 0 Å². The number of nitrogens with zero attached hydrogens (tertiary/aromatic N) is 5. The molecule has 0 radical (unpaired) electrons. The van der Waals surface area contributed by atoms with Crippen LogP contribution >= 0.6 is 0 Å². The topological polar surface area (TPSA) is 77.7 Å². The van der Waals surface area contributed by atoms with E-state index in [1.54, 1.807) is 31.1 Å². The minimum atomic E-state index is -0.326. The lowest BCUT2D eigenvalue weighted by Gasteiger charge is -2.11. The third-order valence-corrected chi connectivity index (χ3v) is 2.22. The fraction of sp³-hybridized carbons (Fsp3) is 0.167. The summed E-state index contributed by atoms with van der Waals surface area (Å²) in [5, 5.41) is 11.8. The Morgan fingerprint density at radius 1 is 1.16 bits per heavy atom. The predicted octanol–water partition coefficient (Wildman–Crippen LogP) is 1.69. The molecular formula is C12H11FN6. The summed E-state index contributed by atoms with van der Waals surface area (Å²) < 4.78 is 12.8. The average Bonchev–Trinajstić information content (AvgIpc) is 2.41. The van der Waals surface area contributed by atoms with E-state index in [1.807, 2.05) is 6.07 Å². The first-order valence-corrected chi connectivity index (χ1v) is 5.44. The molecule has 1 aromatic heterocycles. The van der Waals surface area contributed by atoms with Crippen molar-refractivity contribution >= 4 is 17.6 Å². The van der Waals surface area contributed by atoms with Gasteiger partial charge in [-0.25, -0.2) is 4.39 Å². The number of nitriles is 1. The van der Waals surface area contributed by atoms with Gasteiger partial charge in [0.15, 0.2) is 0 Å². The van der Waals surface area contributed by atoms with Gasteiger partial charge in [-0.15, -0.1) is 0 Å². The van der Waals surface area contributed by atoms with Crippen molar-refractivity contribution in [2.45, 2.75) is 0 Å². The Labute approximate surface area is 109 Å². The maximum absolute atomic E-state index is 12.8. The van der Waals surface area contributed by atoms with E-state index in [-0.39, 0.29) is 17.6 Å². The number of halogens is 1. The Kier molecular flexibility index (Phi) is 3.52. The van der Waals surface area contributed by atoms with Gasteiger partial charge >= 0.3 is 0 Å². The molecule has 6 nitrogen and oxygen atoms in total. The van der Waals surface area contributed by atoms with Crippen molar-refractivity contribution in [1.29, 1.82) is 5.26 Å². The number of anilines is 3. The molecule has 0 aliphatic rings. The van der Waals surface area contributed by atoms with Crippen molar-refractivity contribution in [1.82, 2.24) is 15.0 Å². The molecule has 0 unspecified atom stereocenters. The lowest BCUT2D eigenvalue weighted by atomic mass is 10.3. The predicted molar refractivity (Wildman–Crippen MR) is 68.6 cm³/mol. The Morgan fingerprint density at radius 3 is 2.42 bits per heavy atom. The van der Waals surface area contributed by atoms with Crippen LogP contribution in [0.1, 0.15) is 5.82 Å². The summed E-state index contributed by atoms with van der Waals surface area (Å²) in [4.78, 5) is 13.7. The summed E-state index contributed by atoms with van der Waals surface area (Å²) in [6.45, 7) is 0. The fourth-order valence-electron chi connectivity index (χ4n) is 1.33. The van der Waals surface area contributed by atoms with E-state index >= 15 is 0 Å². The monoisotopic (exact) mass is 258 g/mol. The largest absolute Gasteiger partial charge is 0.347 e. The molecule has 1 aromatic carbocycles. The first kappa shape index (κ1) is 12.7. The van der Waals surface area contributed by atoms with Gasteiger partial charge in [0.05, 0.1) is 0 Å². The second kappa shape index (κ2) is 5.27. The van der Waals surface area contributed by atoms with Gasteiger partial charge in [-0.05, 0) is 24.3 Å². The van der Waals surface area contributed by atoms with Crippen molar-refractivity contribution in [2.24, 2.45) is 0 Å². The maximum Gasteiger partial charge on any atom is 0.238 e. The van der Waals surface area contributed by atoms with Crippen LogP contribution in [0.3, 0.4) is 0 Å². The zero-order valence-electron chi connectivity index (χ0n) is 10.4. The van der Waals surface area contributed by atoms with Gasteiger partial charge in [0.25, 0.3) is 0 Å². The van der Waals surface area contributed by atoms with Gasteiger partial charge in [0, 0.05) is 19.8 Å². The zero-order chi connectivity index (χ0) is 13.8. The molecule has 0 atom stereocenters. The molecule has 96 valence electrons. The van der Waals surface area contributed by atoms with Crippen LogP contribution in [0.15, 0.2) is 24.3 Å². The smallest absolute Gasteiger partial charge is 0.238 e. The van der Waals surface area contributed by atoms with E-state index in [0.29, 0.717) is 11.6 Å². The third kappa shape index (κ3) is 3.13. The standard InChI is InChI=1S/C12H11FN6/c1-19(2)12-17-10(7-14)16-11(18-12)15-9-5-3-8(13)4-6-9/h3-6H,1-2H3,(H,15,16,17,18). The molecule has 0 amide bonds. The van der Waals surface area contributed by atoms with Crippen molar-refractivity contribution in [2.75, 3.05) is 24.3 Å². The van der Waals surface area contributed by atoms with E-state index in [1.165, 1.54) is 12.1 Å². The summed E-state index contributed by atoms with van der Waals surface area (Å²) in [6, 6.07) is 7.62. The second-order valence-electron chi connectivity index (χ2n) is 3.92. The van der Waals surface area contributed by atoms with Gasteiger partial charge in [-0.1, -0.05) is 0 Å². The normalized spacial score (nSPS) is 9.79. The lowest BCUT2D eigenvalue weighted by Crippen LogP contribution is -2.15. The van der Waals surface area contributed by atoms with Gasteiger partial charge < -0.3 is 10.2 Å². The van der Waals surface area contributed by atoms with Crippen LogP contribution in [0.4, 0.5) is 22.0 Å². The highest BCUT2D eigenvalue weighted by Gasteiger charge is 2.07. The van der Waals surface area contributed by atoms with Gasteiger partial charge in [0.2, 0.25) is 17.7 Å². The van der Waals surface area contributed by atoms with Crippen LogP contribution < -0.4 is 10.2 Å². The molecule has 2 rings (SSSR count). The highest BCUT2D eigenvalue weighted by molar-refractivity contribution is 5.54. The van der Waals surface area contributed by atoms with Crippen LogP contribution in [0, 0.1) is 17.1 Å². The molecule has 0 bridgehead atoms. The van der Waals surface area contributed by atoms with Crippen LogP contribution in [-0.2, 0) is 0 Å². The first-order valence-electron chi connectivity index (χ1n) is 5.44. The quantitative estimate of drug-likeness (QED) is 0.902. The summed E-state index contributed by atoms with van der Waals surface area (Å²) in [5.74, 6) is 0.300. The molecule has 7 heteroatoms. The summed E-state index contributed by atoms with van der Waals surface area (Å²) in [7, 11) is 3.52. The molecule has 0 saturated heterocycles. The number of benzene rings is 1. The van der Waals surface area contributed by atoms with E-state index < -0.39 is 0 Å². The second-order valence-corrected chi connectivity index (χ2v) is 3.92. The number of hydrogen-bond acceptors (Lipinski definition) is 6. The Hall–Kier alpha value is -2.75. The third-order valence-electron chi connectivity index (χ3n) is 2.22. The minimum absolute atomic E-state index is 0.0170. The molecule has 0 aliphatic heterocycles. The summed E-state index contributed by atoms with van der Waals surface area (Å²) >= 11 is 0. The van der Waals surface area contributed by atoms with E-state index in [0.717, 1.165) is 0 Å². The van der Waals surface area contributed by atoms with E-state index in [4.69, 9.17) is 5.26 Å². The highest BCUT2D eigenvalue weighted by Crippen LogP contribution is 2.15. The molecule has 0 aliphatic carbocycles. The highest BCUT2D eigenvalue weighted by atomic mass is 19.1. The van der Waals surface area contributed by atoms with Crippen LogP contribution in [0.2, 0.25) is 0 Å². The van der Waals surface area contributed by atoms with Crippen LogP contribution in [0.5, 0.6) is 0 Å². The summed E-state index contributed by atoms with van der Waals surface area (Å²) in [6.07, 6.45) is 0. The van der Waals surface area contributed by atoms with Crippen LogP contribution in [-0.4, -0.2) is 29.0 Å². The van der Waals surface area contributed by atoms with E-state index in [2.05, 4.69) is 20.3 Å². The van der Waals surface area contributed by atoms with Crippen molar-refractivity contribution in [3.05, 3.63) is 35.9 Å². The molecule has 0 saturated carbocycles. The molecule has 19 heavy (non-hydrogen) atoms. The van der Waals surface area contributed by atoms with Gasteiger partial charge in [-0.2, -0.15) is 20.2 Å². The summed E-state index contributed by atoms with van der Waals surface area (Å²) in [5.41, 5.74) is 0.626. The Morgan fingerprint density at radius 2 is 1.84 bits per heavy atom. The molecule has 1 heterocycles. The van der Waals surface area contributed by atoms with Crippen molar-refractivity contribution < 1.29 is 4.39 Å². The molecular weight excluding hydrogens is 247 g/mol. The van der Waals surface area contributed by atoms with Gasteiger partial charge in [-0.3, -0.25) is 0 Å².